The summed E-state index contributed by atoms with van der Waals surface area (Å²) in [6.07, 6.45) is 1.93. The summed E-state index contributed by atoms with van der Waals surface area (Å²) in [5, 5.41) is 6.99. The van der Waals surface area contributed by atoms with Crippen LogP contribution in [0.1, 0.15) is 5.56 Å². The van der Waals surface area contributed by atoms with Gasteiger partial charge in [-0.3, -0.25) is 4.79 Å². The summed E-state index contributed by atoms with van der Waals surface area (Å²) in [4.78, 5) is 11.9. The lowest BCUT2D eigenvalue weighted by Gasteiger charge is -2.06. The SMILES string of the molecule is COCCNCCNC(=O)Cc1coc2cc(OC)ccc12. The van der Waals surface area contributed by atoms with E-state index in [4.69, 9.17) is 13.9 Å². The minimum atomic E-state index is -0.0212. The van der Waals surface area contributed by atoms with Crippen molar-refractivity contribution in [1.82, 2.24) is 10.6 Å². The lowest BCUT2D eigenvalue weighted by Crippen LogP contribution is -2.33. The number of hydrogen-bond acceptors (Lipinski definition) is 5. The summed E-state index contributed by atoms with van der Waals surface area (Å²) in [5.41, 5.74) is 1.60. The van der Waals surface area contributed by atoms with Crippen molar-refractivity contribution in [3.63, 3.8) is 0 Å². The molecule has 0 aliphatic carbocycles. The van der Waals surface area contributed by atoms with Gasteiger partial charge in [-0.15, -0.1) is 0 Å². The van der Waals surface area contributed by atoms with Crippen LogP contribution in [-0.2, 0) is 16.0 Å². The van der Waals surface area contributed by atoms with Gasteiger partial charge >= 0.3 is 0 Å². The van der Waals surface area contributed by atoms with Gasteiger partial charge in [-0.25, -0.2) is 0 Å². The molecule has 6 heteroatoms. The molecule has 1 aromatic carbocycles. The molecule has 0 fully saturated rings. The van der Waals surface area contributed by atoms with E-state index in [0.717, 1.165) is 35.4 Å². The van der Waals surface area contributed by atoms with Gasteiger partial charge in [-0.05, 0) is 12.1 Å². The van der Waals surface area contributed by atoms with E-state index in [2.05, 4.69) is 10.6 Å². The Morgan fingerprint density at radius 2 is 2.09 bits per heavy atom. The minimum absolute atomic E-state index is 0.0212. The van der Waals surface area contributed by atoms with Gasteiger partial charge in [-0.2, -0.15) is 0 Å². The maximum Gasteiger partial charge on any atom is 0.224 e. The van der Waals surface area contributed by atoms with Crippen molar-refractivity contribution in [3.05, 3.63) is 30.0 Å². The van der Waals surface area contributed by atoms with Crippen LogP contribution >= 0.6 is 0 Å². The second-order valence-electron chi connectivity index (χ2n) is 4.89. The van der Waals surface area contributed by atoms with Crippen LogP contribution in [0, 0.1) is 0 Å². The molecule has 0 radical (unpaired) electrons. The average Bonchev–Trinajstić information content (AvgIpc) is 2.92. The topological polar surface area (TPSA) is 72.7 Å². The molecule has 6 nitrogen and oxygen atoms in total. The van der Waals surface area contributed by atoms with Crippen LogP contribution in [0.25, 0.3) is 11.0 Å². The van der Waals surface area contributed by atoms with Crippen LogP contribution in [0.3, 0.4) is 0 Å². The number of carbonyl (C=O) groups excluding carboxylic acids is 1. The van der Waals surface area contributed by atoms with Crippen LogP contribution in [0.4, 0.5) is 0 Å². The lowest BCUT2D eigenvalue weighted by atomic mass is 10.1. The van der Waals surface area contributed by atoms with Gasteiger partial charge in [0.2, 0.25) is 5.91 Å². The molecule has 2 N–H and O–H groups in total. The predicted octanol–water partition coefficient (Wildman–Crippen LogP) is 1.34. The number of amides is 1. The molecule has 0 aliphatic rings. The zero-order chi connectivity index (χ0) is 15.8. The highest BCUT2D eigenvalue weighted by Crippen LogP contribution is 2.25. The molecular formula is C16H22N2O4. The Morgan fingerprint density at radius 1 is 1.23 bits per heavy atom. The normalized spacial score (nSPS) is 10.8. The fraction of sp³-hybridized carbons (Fsp3) is 0.438. The zero-order valence-corrected chi connectivity index (χ0v) is 13.0. The van der Waals surface area contributed by atoms with E-state index in [0.29, 0.717) is 19.6 Å². The minimum Gasteiger partial charge on any atom is -0.497 e. The Hall–Kier alpha value is -2.05. The van der Waals surface area contributed by atoms with Crippen LogP contribution < -0.4 is 15.4 Å². The van der Waals surface area contributed by atoms with Crippen molar-refractivity contribution >= 4 is 16.9 Å². The molecule has 0 bridgehead atoms. The molecular weight excluding hydrogens is 284 g/mol. The van der Waals surface area contributed by atoms with E-state index < -0.39 is 0 Å². The highest BCUT2D eigenvalue weighted by atomic mass is 16.5. The number of ether oxygens (including phenoxy) is 2. The Morgan fingerprint density at radius 3 is 2.86 bits per heavy atom. The standard InChI is InChI=1S/C16H22N2O4/c1-20-8-7-17-5-6-18-16(19)9-12-11-22-15-10-13(21-2)3-4-14(12)15/h3-4,10-11,17H,5-9H2,1-2H3,(H,18,19). The van der Waals surface area contributed by atoms with E-state index in [-0.39, 0.29) is 5.91 Å². The fourth-order valence-corrected chi connectivity index (χ4v) is 2.15. The monoisotopic (exact) mass is 306 g/mol. The number of hydrogen-bond donors (Lipinski definition) is 2. The van der Waals surface area contributed by atoms with Gasteiger partial charge in [0.1, 0.15) is 11.3 Å². The lowest BCUT2D eigenvalue weighted by molar-refractivity contribution is -0.120. The van der Waals surface area contributed by atoms with Crippen molar-refractivity contribution < 1.29 is 18.7 Å². The van der Waals surface area contributed by atoms with Crippen LogP contribution in [-0.4, -0.2) is 46.4 Å². The van der Waals surface area contributed by atoms with Crippen molar-refractivity contribution in [2.75, 3.05) is 40.5 Å². The molecule has 1 heterocycles. The summed E-state index contributed by atoms with van der Waals surface area (Å²) in [6, 6.07) is 5.59. The second-order valence-corrected chi connectivity index (χ2v) is 4.89. The third-order valence-electron chi connectivity index (χ3n) is 3.32. The Labute approximate surface area is 129 Å². The molecule has 0 spiro atoms. The molecule has 1 aromatic heterocycles. The number of fused-ring (bicyclic) bond motifs is 1. The van der Waals surface area contributed by atoms with Gasteiger partial charge in [0.15, 0.2) is 0 Å². The van der Waals surface area contributed by atoms with Crippen LogP contribution in [0.5, 0.6) is 5.75 Å². The van der Waals surface area contributed by atoms with E-state index in [1.165, 1.54) is 0 Å². The molecule has 22 heavy (non-hydrogen) atoms. The van der Waals surface area contributed by atoms with E-state index in [1.54, 1.807) is 20.5 Å². The zero-order valence-electron chi connectivity index (χ0n) is 13.0. The predicted molar refractivity (Wildman–Crippen MR) is 84.2 cm³/mol. The Bertz CT molecular complexity index is 609. The first kappa shape index (κ1) is 16.3. The summed E-state index contributed by atoms with van der Waals surface area (Å²) in [5.74, 6) is 0.715. The first-order valence-corrected chi connectivity index (χ1v) is 7.25. The fourth-order valence-electron chi connectivity index (χ4n) is 2.15. The van der Waals surface area contributed by atoms with E-state index in [1.807, 2.05) is 18.2 Å². The van der Waals surface area contributed by atoms with E-state index in [9.17, 15) is 4.79 Å². The molecule has 1 amide bonds. The third-order valence-corrected chi connectivity index (χ3v) is 3.32. The van der Waals surface area contributed by atoms with Crippen molar-refractivity contribution in [2.45, 2.75) is 6.42 Å². The smallest absolute Gasteiger partial charge is 0.224 e. The van der Waals surface area contributed by atoms with Crippen molar-refractivity contribution in [2.24, 2.45) is 0 Å². The van der Waals surface area contributed by atoms with Crippen molar-refractivity contribution in [1.29, 1.82) is 0 Å². The molecule has 0 atom stereocenters. The number of nitrogens with one attached hydrogen (secondary N) is 2. The van der Waals surface area contributed by atoms with Crippen LogP contribution in [0.15, 0.2) is 28.9 Å². The van der Waals surface area contributed by atoms with Gasteiger partial charge in [0.05, 0.1) is 26.4 Å². The molecule has 0 aliphatic heterocycles. The van der Waals surface area contributed by atoms with Gasteiger partial charge < -0.3 is 24.5 Å². The van der Waals surface area contributed by atoms with Gasteiger partial charge in [0.25, 0.3) is 0 Å². The maximum atomic E-state index is 11.9. The molecule has 2 aromatic rings. The molecule has 120 valence electrons. The van der Waals surface area contributed by atoms with Gasteiger partial charge in [0, 0.05) is 43.8 Å². The molecule has 0 unspecified atom stereocenters. The Balaban J connectivity index is 1.82. The Kier molecular flexibility index (Phi) is 6.24. The summed E-state index contributed by atoms with van der Waals surface area (Å²) in [6.45, 7) is 2.75. The number of furan rings is 1. The molecule has 2 rings (SSSR count). The number of carbonyl (C=O) groups is 1. The summed E-state index contributed by atoms with van der Waals surface area (Å²) >= 11 is 0. The van der Waals surface area contributed by atoms with Gasteiger partial charge in [-0.1, -0.05) is 0 Å². The van der Waals surface area contributed by atoms with E-state index >= 15 is 0 Å². The number of benzene rings is 1. The van der Waals surface area contributed by atoms with Crippen LogP contribution in [0.2, 0.25) is 0 Å². The molecule has 0 saturated heterocycles. The number of methoxy groups -OCH3 is 2. The first-order valence-electron chi connectivity index (χ1n) is 7.25. The largest absolute Gasteiger partial charge is 0.497 e. The quantitative estimate of drug-likeness (QED) is 0.684. The highest BCUT2D eigenvalue weighted by Gasteiger charge is 2.10. The number of rotatable bonds is 9. The summed E-state index contributed by atoms with van der Waals surface area (Å²) < 4.78 is 15.6. The first-order chi connectivity index (χ1) is 10.7. The molecule has 0 saturated carbocycles. The van der Waals surface area contributed by atoms with Crippen molar-refractivity contribution in [3.8, 4) is 5.75 Å². The summed E-state index contributed by atoms with van der Waals surface area (Å²) in [7, 11) is 3.27. The second kappa shape index (κ2) is 8.41. The average molecular weight is 306 g/mol. The third kappa shape index (κ3) is 4.47. The maximum absolute atomic E-state index is 11.9. The highest BCUT2D eigenvalue weighted by molar-refractivity contribution is 5.88.